The number of nitrogens with one attached hydrogen (secondary N) is 1. The molecule has 0 aliphatic carbocycles. The maximum atomic E-state index is 12.5. The van der Waals surface area contributed by atoms with Crippen molar-refractivity contribution < 1.29 is 14.1 Å². The fraction of sp³-hybridized carbons (Fsp3) is 0.588. The van der Waals surface area contributed by atoms with Crippen LogP contribution >= 0.6 is 0 Å². The number of amides is 1. The second-order valence-electron chi connectivity index (χ2n) is 6.27. The highest BCUT2D eigenvalue weighted by atomic mass is 16.5. The van der Waals surface area contributed by atoms with Crippen molar-refractivity contribution in [3.8, 4) is 0 Å². The van der Waals surface area contributed by atoms with Crippen LogP contribution in [-0.2, 0) is 11.8 Å². The first kappa shape index (κ1) is 17.6. The molecule has 1 saturated heterocycles. The number of carbonyl (C=O) groups is 1. The average molecular weight is 347 g/mol. The summed E-state index contributed by atoms with van der Waals surface area (Å²) in [5, 5.41) is 11.1. The van der Waals surface area contributed by atoms with E-state index in [1.54, 1.807) is 20.0 Å². The van der Waals surface area contributed by atoms with Gasteiger partial charge < -0.3 is 14.6 Å². The fourth-order valence-electron chi connectivity index (χ4n) is 3.45. The third-order valence-electron chi connectivity index (χ3n) is 4.75. The summed E-state index contributed by atoms with van der Waals surface area (Å²) in [4.78, 5) is 14.9. The number of aromatic nitrogens is 3. The number of ether oxygens (including phenoxy) is 1. The molecule has 0 aromatic carbocycles. The lowest BCUT2D eigenvalue weighted by Crippen LogP contribution is -2.50. The Kier molecular flexibility index (Phi) is 5.19. The van der Waals surface area contributed by atoms with Crippen LogP contribution in [0.5, 0.6) is 0 Å². The second kappa shape index (κ2) is 7.37. The Balaban J connectivity index is 1.75. The zero-order valence-electron chi connectivity index (χ0n) is 15.2. The minimum absolute atomic E-state index is 0.0521. The van der Waals surface area contributed by atoms with Gasteiger partial charge in [0.1, 0.15) is 11.3 Å². The van der Waals surface area contributed by atoms with E-state index in [1.165, 1.54) is 0 Å². The molecule has 1 fully saturated rings. The number of hydrogen-bond acceptors (Lipinski definition) is 6. The smallest absolute Gasteiger partial charge is 0.256 e. The van der Waals surface area contributed by atoms with Crippen molar-refractivity contribution in [3.05, 3.63) is 35.0 Å². The highest BCUT2D eigenvalue weighted by Gasteiger charge is 2.35. The maximum Gasteiger partial charge on any atom is 0.256 e. The quantitative estimate of drug-likeness (QED) is 0.875. The summed E-state index contributed by atoms with van der Waals surface area (Å²) in [6.45, 7) is 8.47. The number of aryl methyl sites for hydroxylation is 3. The summed E-state index contributed by atoms with van der Waals surface area (Å²) < 4.78 is 12.9. The van der Waals surface area contributed by atoms with E-state index in [0.717, 1.165) is 18.8 Å². The number of carbonyl (C=O) groups excluding carboxylic acids is 1. The normalized spacial score (nSPS) is 21.4. The van der Waals surface area contributed by atoms with Gasteiger partial charge in [-0.2, -0.15) is 5.10 Å². The number of morpholine rings is 1. The predicted molar refractivity (Wildman–Crippen MR) is 91.2 cm³/mol. The minimum atomic E-state index is -0.183. The molecule has 2 aromatic rings. The van der Waals surface area contributed by atoms with E-state index in [0.29, 0.717) is 30.2 Å². The van der Waals surface area contributed by atoms with Crippen molar-refractivity contribution in [2.75, 3.05) is 26.2 Å². The molecule has 0 bridgehead atoms. The summed E-state index contributed by atoms with van der Waals surface area (Å²) in [5.41, 5.74) is 2.18. The Bertz CT molecular complexity index is 719. The van der Waals surface area contributed by atoms with Crippen molar-refractivity contribution in [3.63, 3.8) is 0 Å². The van der Waals surface area contributed by atoms with Crippen LogP contribution in [0.1, 0.15) is 40.5 Å². The SMILES string of the molecule is CCN1CCO[C@@H](CNC(=O)c2c(C)noc2C)[C@@H]1c1ccnn1C. The van der Waals surface area contributed by atoms with Crippen molar-refractivity contribution in [2.45, 2.75) is 32.9 Å². The molecule has 3 rings (SSSR count). The van der Waals surface area contributed by atoms with Crippen molar-refractivity contribution in [1.29, 1.82) is 0 Å². The van der Waals surface area contributed by atoms with Crippen LogP contribution in [0.2, 0.25) is 0 Å². The summed E-state index contributed by atoms with van der Waals surface area (Å²) in [6.07, 6.45) is 1.64. The van der Waals surface area contributed by atoms with E-state index in [9.17, 15) is 4.79 Å². The molecule has 2 atom stereocenters. The molecule has 1 aliphatic heterocycles. The number of nitrogens with zero attached hydrogens (tertiary/aromatic N) is 4. The molecular formula is C17H25N5O3. The molecule has 0 radical (unpaired) electrons. The molecule has 8 nitrogen and oxygen atoms in total. The minimum Gasteiger partial charge on any atom is -0.373 e. The first-order valence-electron chi connectivity index (χ1n) is 8.57. The van der Waals surface area contributed by atoms with Gasteiger partial charge >= 0.3 is 0 Å². The molecule has 0 saturated carbocycles. The van der Waals surface area contributed by atoms with Gasteiger partial charge in [0.05, 0.1) is 30.1 Å². The standard InChI is InChI=1S/C17H25N5O3/c1-5-22-8-9-24-14(16(22)13-6-7-19-21(13)4)10-18-17(23)15-11(2)20-25-12(15)3/h6-7,14,16H,5,8-10H2,1-4H3,(H,18,23)/t14-,16-/m0/s1. The van der Waals surface area contributed by atoms with Crippen LogP contribution in [0.25, 0.3) is 0 Å². The van der Waals surface area contributed by atoms with Crippen LogP contribution < -0.4 is 5.32 Å². The zero-order chi connectivity index (χ0) is 18.0. The Morgan fingerprint density at radius 3 is 2.84 bits per heavy atom. The van der Waals surface area contributed by atoms with E-state index in [-0.39, 0.29) is 18.1 Å². The monoisotopic (exact) mass is 347 g/mol. The van der Waals surface area contributed by atoms with Crippen LogP contribution in [-0.4, -0.2) is 58.1 Å². The average Bonchev–Trinajstić information content (AvgIpc) is 3.17. The Labute approximate surface area is 147 Å². The van der Waals surface area contributed by atoms with Gasteiger partial charge in [-0.3, -0.25) is 14.4 Å². The van der Waals surface area contributed by atoms with Gasteiger partial charge in [-0.25, -0.2) is 0 Å². The first-order valence-corrected chi connectivity index (χ1v) is 8.57. The summed E-state index contributed by atoms with van der Waals surface area (Å²) >= 11 is 0. The molecule has 2 aromatic heterocycles. The molecule has 0 unspecified atom stereocenters. The zero-order valence-corrected chi connectivity index (χ0v) is 15.2. The second-order valence-corrected chi connectivity index (χ2v) is 6.27. The van der Waals surface area contributed by atoms with E-state index >= 15 is 0 Å². The van der Waals surface area contributed by atoms with Crippen molar-refractivity contribution in [2.24, 2.45) is 7.05 Å². The van der Waals surface area contributed by atoms with Gasteiger partial charge in [0, 0.05) is 26.3 Å². The van der Waals surface area contributed by atoms with E-state index < -0.39 is 0 Å². The molecule has 136 valence electrons. The summed E-state index contributed by atoms with van der Waals surface area (Å²) in [6, 6.07) is 2.06. The molecule has 1 N–H and O–H groups in total. The lowest BCUT2D eigenvalue weighted by molar-refractivity contribution is -0.0708. The lowest BCUT2D eigenvalue weighted by Gasteiger charge is -2.40. The van der Waals surface area contributed by atoms with Crippen molar-refractivity contribution >= 4 is 5.91 Å². The third kappa shape index (κ3) is 3.45. The molecule has 0 spiro atoms. The van der Waals surface area contributed by atoms with Gasteiger partial charge in [0.15, 0.2) is 0 Å². The molecule has 25 heavy (non-hydrogen) atoms. The predicted octanol–water partition coefficient (Wildman–Crippen LogP) is 1.22. The summed E-state index contributed by atoms with van der Waals surface area (Å²) in [5.74, 6) is 0.343. The van der Waals surface area contributed by atoms with E-state index in [4.69, 9.17) is 9.26 Å². The lowest BCUT2D eigenvalue weighted by atomic mass is 10.0. The number of likely N-dealkylation sites (N-methyl/N-ethyl adjacent to an activating group) is 1. The maximum absolute atomic E-state index is 12.5. The molecule has 8 heteroatoms. The van der Waals surface area contributed by atoms with Crippen LogP contribution in [0.4, 0.5) is 0 Å². The van der Waals surface area contributed by atoms with Crippen molar-refractivity contribution in [1.82, 2.24) is 25.2 Å². The van der Waals surface area contributed by atoms with Crippen LogP contribution in [0.15, 0.2) is 16.8 Å². The largest absolute Gasteiger partial charge is 0.373 e. The highest BCUT2D eigenvalue weighted by molar-refractivity contribution is 5.96. The topological polar surface area (TPSA) is 85.4 Å². The van der Waals surface area contributed by atoms with Gasteiger partial charge in [-0.15, -0.1) is 0 Å². The van der Waals surface area contributed by atoms with Gasteiger partial charge in [0.25, 0.3) is 5.91 Å². The number of hydrogen-bond donors (Lipinski definition) is 1. The van der Waals surface area contributed by atoms with Crippen LogP contribution in [0.3, 0.4) is 0 Å². The van der Waals surface area contributed by atoms with E-state index in [1.807, 2.05) is 17.8 Å². The third-order valence-corrected chi connectivity index (χ3v) is 4.75. The Morgan fingerprint density at radius 1 is 1.44 bits per heavy atom. The van der Waals surface area contributed by atoms with Gasteiger partial charge in [-0.05, 0) is 26.5 Å². The molecule has 1 aliphatic rings. The van der Waals surface area contributed by atoms with E-state index in [2.05, 4.69) is 27.4 Å². The molecule has 3 heterocycles. The molecular weight excluding hydrogens is 322 g/mol. The summed E-state index contributed by atoms with van der Waals surface area (Å²) in [7, 11) is 1.93. The highest BCUT2D eigenvalue weighted by Crippen LogP contribution is 2.28. The van der Waals surface area contributed by atoms with Gasteiger partial charge in [0.2, 0.25) is 0 Å². The molecule has 1 amide bonds. The Morgan fingerprint density at radius 2 is 2.24 bits per heavy atom. The van der Waals surface area contributed by atoms with Crippen LogP contribution in [0, 0.1) is 13.8 Å². The fourth-order valence-corrected chi connectivity index (χ4v) is 3.45. The Hall–Kier alpha value is -2.19. The first-order chi connectivity index (χ1) is 12.0. The number of rotatable bonds is 5. The van der Waals surface area contributed by atoms with Gasteiger partial charge in [-0.1, -0.05) is 12.1 Å².